The van der Waals surface area contributed by atoms with Crippen LogP contribution in [0.3, 0.4) is 0 Å². The Labute approximate surface area is 574 Å². The maximum atomic E-state index is 15.4. The molecular formula is C77H36F24N4. The van der Waals surface area contributed by atoms with Crippen LogP contribution in [0.5, 0.6) is 0 Å². The number of alkyl halides is 24. The third-order valence-electron chi connectivity index (χ3n) is 17.9. The fourth-order valence-corrected chi connectivity index (χ4v) is 13.3. The summed E-state index contributed by atoms with van der Waals surface area (Å²) >= 11 is 0. The smallest absolute Gasteiger partial charge is 0.309 e. The number of hydrogen-bond acceptors (Lipinski definition) is 2. The van der Waals surface area contributed by atoms with Gasteiger partial charge in [-0.15, -0.1) is 0 Å². The van der Waals surface area contributed by atoms with Gasteiger partial charge in [-0.1, -0.05) is 78.4 Å². The number of benzene rings is 11. The summed E-state index contributed by atoms with van der Waals surface area (Å²) in [6.07, 6.45) is -42.7. The van der Waals surface area contributed by atoms with Crippen LogP contribution in [-0.2, 0) is 49.4 Å². The van der Waals surface area contributed by atoms with Crippen LogP contribution in [0.15, 0.2) is 200 Å². The summed E-state index contributed by atoms with van der Waals surface area (Å²) in [5.41, 5.74) is -20.9. The second kappa shape index (κ2) is 24.8. The maximum Gasteiger partial charge on any atom is 0.417 e. The van der Waals surface area contributed by atoms with Gasteiger partial charge >= 0.3 is 49.4 Å². The van der Waals surface area contributed by atoms with Gasteiger partial charge in [-0.2, -0.15) is 116 Å². The van der Waals surface area contributed by atoms with Crippen molar-refractivity contribution in [2.24, 2.45) is 0 Å². The van der Waals surface area contributed by atoms with E-state index in [1.165, 1.54) is 70.7 Å². The Kier molecular flexibility index (Phi) is 16.9. The van der Waals surface area contributed by atoms with Crippen LogP contribution in [0.1, 0.15) is 61.2 Å². The normalized spacial score (nSPS) is 13.0. The minimum absolute atomic E-state index is 0.0608. The molecule has 0 aliphatic carbocycles. The zero-order valence-corrected chi connectivity index (χ0v) is 52.4. The number of aromatic nitrogens is 2. The van der Waals surface area contributed by atoms with Gasteiger partial charge in [0.05, 0.1) is 101 Å². The first-order chi connectivity index (χ1) is 48.9. The largest absolute Gasteiger partial charge is 0.417 e. The molecule has 105 heavy (non-hydrogen) atoms. The van der Waals surface area contributed by atoms with E-state index in [1.807, 2.05) is 6.07 Å². The lowest BCUT2D eigenvalue weighted by atomic mass is 9.90. The Balaban J connectivity index is 1.16. The Bertz CT molecular complexity index is 5700. The number of fused-ring (bicyclic) bond motifs is 6. The quantitative estimate of drug-likeness (QED) is 0.142. The topological polar surface area (TPSA) is 57.4 Å². The van der Waals surface area contributed by atoms with Crippen LogP contribution in [0, 0.1) is 29.6 Å². The van der Waals surface area contributed by atoms with Gasteiger partial charge in [0.15, 0.2) is 0 Å². The highest BCUT2D eigenvalue weighted by Crippen LogP contribution is 2.52. The lowest BCUT2D eigenvalue weighted by Gasteiger charge is -2.22. The average Bonchev–Trinajstić information content (AvgIpc) is 1.60. The average molecular weight is 1470 g/mol. The second-order valence-corrected chi connectivity index (χ2v) is 24.3. The Morgan fingerprint density at radius 3 is 0.924 bits per heavy atom. The molecule has 2 aromatic heterocycles. The molecule has 0 aliphatic heterocycles. The molecule has 532 valence electrons. The first-order valence-electron chi connectivity index (χ1n) is 30.4. The number of nitriles is 2. The molecule has 0 aliphatic rings. The molecule has 0 saturated heterocycles. The standard InChI is InChI=1S/C77H36F24N4/c1-37-5-15-48(58(25-37)73(87,88)89)39-7-20-63-53(27-39)54-28-40(50-17-12-45(70(78,79)80)32-60(50)75(93,94)95)8-21-64(54)104(63)67-24-11-43(49-16-6-38(35-102)26-59(49)74(90,91)92)31-57(67)69-44(36-103)3-2-4-68(69)105-65-22-9-41(51-18-13-46(71(81,82)83)33-61(51)76(96,97)98)29-55(65)56-30-42(10-23-66(56)105)52-19-14-47(72(84,85)86)34-62(52)77(99,100)101/h2-34H,1H3. The lowest BCUT2D eigenvalue weighted by Crippen LogP contribution is -2.12. The van der Waals surface area contributed by atoms with Gasteiger partial charge in [-0.3, -0.25) is 0 Å². The lowest BCUT2D eigenvalue weighted by molar-refractivity contribution is -0.144. The van der Waals surface area contributed by atoms with Crippen LogP contribution in [0.25, 0.3) is 122 Å². The van der Waals surface area contributed by atoms with Crippen molar-refractivity contribution in [2.45, 2.75) is 56.3 Å². The van der Waals surface area contributed by atoms with E-state index in [9.17, 15) is 50.0 Å². The fraction of sp³-hybridized carbons (Fsp3) is 0.117. The Morgan fingerprint density at radius 2 is 0.581 bits per heavy atom. The molecule has 0 bridgehead atoms. The van der Waals surface area contributed by atoms with E-state index in [1.54, 1.807) is 6.07 Å². The molecule has 0 N–H and O–H groups in total. The number of rotatable bonds is 8. The summed E-state index contributed by atoms with van der Waals surface area (Å²) in [7, 11) is 0. The van der Waals surface area contributed by atoms with Crippen LogP contribution in [0.4, 0.5) is 105 Å². The monoisotopic (exact) mass is 1470 g/mol. The highest BCUT2D eigenvalue weighted by atomic mass is 19.4. The highest BCUT2D eigenvalue weighted by molar-refractivity contribution is 6.14. The summed E-state index contributed by atoms with van der Waals surface area (Å²) in [6, 6.07) is 32.1. The predicted molar refractivity (Wildman–Crippen MR) is 342 cm³/mol. The summed E-state index contributed by atoms with van der Waals surface area (Å²) in [5.74, 6) is 0. The molecule has 0 fully saturated rings. The molecule has 0 unspecified atom stereocenters. The molecule has 0 atom stereocenters. The third kappa shape index (κ3) is 13.0. The van der Waals surface area contributed by atoms with Crippen molar-refractivity contribution in [3.8, 4) is 90.3 Å². The van der Waals surface area contributed by atoms with Gasteiger partial charge in [0.2, 0.25) is 0 Å². The number of nitrogens with zero attached hydrogens (tertiary/aromatic N) is 4. The van der Waals surface area contributed by atoms with Crippen molar-refractivity contribution in [1.29, 1.82) is 10.5 Å². The van der Waals surface area contributed by atoms with Gasteiger partial charge in [0.25, 0.3) is 0 Å². The summed E-state index contributed by atoms with van der Waals surface area (Å²) in [6.45, 7) is 1.37. The molecule has 4 nitrogen and oxygen atoms in total. The molecular weight excluding hydrogens is 1440 g/mol. The van der Waals surface area contributed by atoms with Crippen LogP contribution in [0.2, 0.25) is 0 Å². The zero-order valence-electron chi connectivity index (χ0n) is 52.4. The van der Waals surface area contributed by atoms with Gasteiger partial charge in [0, 0.05) is 32.7 Å². The summed E-state index contributed by atoms with van der Waals surface area (Å²) < 4.78 is 356. The van der Waals surface area contributed by atoms with Crippen molar-refractivity contribution < 1.29 is 105 Å². The molecule has 0 saturated carbocycles. The van der Waals surface area contributed by atoms with Gasteiger partial charge in [-0.25, -0.2) is 0 Å². The molecule has 28 heteroatoms. The van der Waals surface area contributed by atoms with E-state index in [0.717, 1.165) is 84.9 Å². The minimum Gasteiger partial charge on any atom is -0.309 e. The molecule has 0 spiro atoms. The van der Waals surface area contributed by atoms with E-state index < -0.39 is 150 Å². The van der Waals surface area contributed by atoms with E-state index in [4.69, 9.17) is 0 Å². The van der Waals surface area contributed by atoms with E-state index >= 15 is 65.9 Å². The molecule has 13 aromatic rings. The van der Waals surface area contributed by atoms with Gasteiger partial charge in [-0.05, 0) is 190 Å². The van der Waals surface area contributed by atoms with Crippen molar-refractivity contribution in [3.63, 3.8) is 0 Å². The molecule has 0 radical (unpaired) electrons. The number of hydrogen-bond donors (Lipinski definition) is 0. The highest BCUT2D eigenvalue weighted by Gasteiger charge is 2.43. The molecule has 2 heterocycles. The van der Waals surface area contributed by atoms with Gasteiger partial charge in [0.1, 0.15) is 0 Å². The predicted octanol–water partition coefficient (Wildman–Crippen LogP) is 26.1. The van der Waals surface area contributed by atoms with E-state index in [2.05, 4.69) is 0 Å². The van der Waals surface area contributed by atoms with Crippen LogP contribution < -0.4 is 0 Å². The Hall–Kier alpha value is -11.7. The van der Waals surface area contributed by atoms with Crippen molar-refractivity contribution in [1.82, 2.24) is 9.13 Å². The maximum absolute atomic E-state index is 15.4. The summed E-state index contributed by atoms with van der Waals surface area (Å²) in [4.78, 5) is 0. The molecule has 0 amide bonds. The van der Waals surface area contributed by atoms with Crippen molar-refractivity contribution in [3.05, 3.63) is 261 Å². The third-order valence-corrected chi connectivity index (χ3v) is 17.9. The van der Waals surface area contributed by atoms with E-state index in [0.29, 0.717) is 42.5 Å². The van der Waals surface area contributed by atoms with Crippen LogP contribution in [-0.4, -0.2) is 9.13 Å². The number of aryl methyl sites for hydroxylation is 1. The van der Waals surface area contributed by atoms with Crippen LogP contribution >= 0.6 is 0 Å². The second-order valence-electron chi connectivity index (χ2n) is 24.3. The zero-order chi connectivity index (χ0) is 76.0. The SMILES string of the molecule is Cc1ccc(-c2ccc3c(c2)c2cc(-c4ccc(C(F)(F)F)cc4C(F)(F)F)ccc2n3-c2ccc(-c3ccc(C#N)cc3C(F)(F)F)cc2-c2c(C#N)cccc2-n2c3ccc(-c4ccc(C(F)(F)F)cc4C(F)(F)F)cc3c3cc(-c4ccc(C(F)(F)F)cc4C(F)(F)F)ccc32)c(C(F)(F)F)c1. The number of halogens is 24. The summed E-state index contributed by atoms with van der Waals surface area (Å²) in [5, 5.41) is 20.4. The van der Waals surface area contributed by atoms with E-state index in [-0.39, 0.29) is 101 Å². The molecule has 13 rings (SSSR count). The molecule has 11 aromatic carbocycles. The fourth-order valence-electron chi connectivity index (χ4n) is 13.3. The minimum atomic E-state index is -5.51. The Morgan fingerprint density at radius 1 is 0.267 bits per heavy atom. The van der Waals surface area contributed by atoms with Crippen molar-refractivity contribution in [2.75, 3.05) is 0 Å². The first kappa shape index (κ1) is 71.7. The first-order valence-corrected chi connectivity index (χ1v) is 30.4. The van der Waals surface area contributed by atoms with Gasteiger partial charge < -0.3 is 9.13 Å². The van der Waals surface area contributed by atoms with Crippen molar-refractivity contribution >= 4 is 43.6 Å².